The molecule has 35 heavy (non-hydrogen) atoms. The van der Waals surface area contributed by atoms with E-state index < -0.39 is 18.1 Å². The summed E-state index contributed by atoms with van der Waals surface area (Å²) in [5.74, 6) is 0.768. The van der Waals surface area contributed by atoms with E-state index in [9.17, 15) is 14.7 Å². The maximum absolute atomic E-state index is 12.2. The first kappa shape index (κ1) is 26.4. The minimum atomic E-state index is -1.12. The molecule has 11 heteroatoms. The molecule has 0 fully saturated rings. The summed E-state index contributed by atoms with van der Waals surface area (Å²) in [6.45, 7) is 0.926. The van der Waals surface area contributed by atoms with Crippen molar-refractivity contribution in [3.05, 3.63) is 58.4 Å². The number of aliphatic carboxylic acids is 1. The van der Waals surface area contributed by atoms with Gasteiger partial charge in [-0.1, -0.05) is 6.07 Å². The van der Waals surface area contributed by atoms with Gasteiger partial charge in [-0.05, 0) is 42.0 Å². The third kappa shape index (κ3) is 7.36. The predicted molar refractivity (Wildman–Crippen MR) is 134 cm³/mol. The molecule has 10 nitrogen and oxygen atoms in total. The topological polar surface area (TPSA) is 156 Å². The number of ether oxygens (including phenoxy) is 3. The summed E-state index contributed by atoms with van der Waals surface area (Å²) in [5, 5.41) is 23.1. The zero-order chi connectivity index (χ0) is 25.4. The van der Waals surface area contributed by atoms with Crippen molar-refractivity contribution in [1.82, 2.24) is 10.3 Å². The number of aliphatic hydroxyl groups is 1. The SMILES string of the molecule is COc1ccc(CNCC(O)COc2ccc3[nH]c(=O)c(SC[C@H](N)C(=O)O)cc3c2)cc1OC. The molecular weight excluding hydrogens is 474 g/mol. The van der Waals surface area contributed by atoms with Crippen molar-refractivity contribution < 1.29 is 29.2 Å². The second-order valence-corrected chi connectivity index (χ2v) is 8.81. The molecule has 1 heterocycles. The maximum atomic E-state index is 12.2. The normalized spacial score (nSPS) is 12.8. The van der Waals surface area contributed by atoms with Gasteiger partial charge < -0.3 is 40.5 Å². The lowest BCUT2D eigenvalue weighted by molar-refractivity contribution is -0.137. The quantitative estimate of drug-likeness (QED) is 0.217. The molecule has 0 saturated carbocycles. The number of rotatable bonds is 13. The molecule has 1 aromatic heterocycles. The highest BCUT2D eigenvalue weighted by atomic mass is 32.2. The smallest absolute Gasteiger partial charge is 0.321 e. The first-order valence-corrected chi connectivity index (χ1v) is 11.8. The number of thioether (sulfide) groups is 1. The Morgan fingerprint density at radius 3 is 2.63 bits per heavy atom. The number of aliphatic hydroxyl groups excluding tert-OH is 1. The number of nitrogens with two attached hydrogens (primary N) is 1. The Labute approximate surface area is 206 Å². The van der Waals surface area contributed by atoms with E-state index in [1.165, 1.54) is 0 Å². The van der Waals surface area contributed by atoms with Crippen LogP contribution in [-0.2, 0) is 11.3 Å². The average Bonchev–Trinajstić information content (AvgIpc) is 2.85. The lowest BCUT2D eigenvalue weighted by atomic mass is 10.2. The molecule has 0 amide bonds. The van der Waals surface area contributed by atoms with Gasteiger partial charge in [-0.2, -0.15) is 0 Å². The number of aromatic amines is 1. The second kappa shape index (κ2) is 12.5. The number of methoxy groups -OCH3 is 2. The average molecular weight is 504 g/mol. The van der Waals surface area contributed by atoms with Gasteiger partial charge in [-0.25, -0.2) is 0 Å². The van der Waals surface area contributed by atoms with Crippen LogP contribution in [0.3, 0.4) is 0 Å². The van der Waals surface area contributed by atoms with Gasteiger partial charge in [0.05, 0.1) is 19.1 Å². The van der Waals surface area contributed by atoms with Crippen molar-refractivity contribution in [3.8, 4) is 17.2 Å². The van der Waals surface area contributed by atoms with E-state index in [1.807, 2.05) is 18.2 Å². The zero-order valence-corrected chi connectivity index (χ0v) is 20.3. The van der Waals surface area contributed by atoms with Crippen molar-refractivity contribution in [2.45, 2.75) is 23.6 Å². The number of carboxylic acids is 1. The van der Waals surface area contributed by atoms with Crippen molar-refractivity contribution in [2.24, 2.45) is 5.73 Å². The summed E-state index contributed by atoms with van der Waals surface area (Å²) >= 11 is 1.08. The molecule has 3 rings (SSSR count). The van der Waals surface area contributed by atoms with Gasteiger partial charge in [-0.15, -0.1) is 11.8 Å². The summed E-state index contributed by atoms with van der Waals surface area (Å²) in [6.07, 6.45) is -0.745. The van der Waals surface area contributed by atoms with E-state index in [1.54, 1.807) is 38.5 Å². The first-order valence-electron chi connectivity index (χ1n) is 10.8. The van der Waals surface area contributed by atoms with Crippen LogP contribution >= 0.6 is 11.8 Å². The first-order chi connectivity index (χ1) is 16.8. The molecular formula is C24H29N3O7S. The number of pyridine rings is 1. The Hall–Kier alpha value is -3.25. The fourth-order valence-corrected chi connectivity index (χ4v) is 4.13. The molecule has 1 unspecified atom stereocenters. The zero-order valence-electron chi connectivity index (χ0n) is 19.4. The summed E-state index contributed by atoms with van der Waals surface area (Å²) in [5.41, 5.74) is 6.80. The van der Waals surface area contributed by atoms with Crippen LogP contribution in [0.15, 0.2) is 52.2 Å². The lowest BCUT2D eigenvalue weighted by Gasteiger charge is -2.14. The van der Waals surface area contributed by atoms with E-state index in [2.05, 4.69) is 10.3 Å². The van der Waals surface area contributed by atoms with E-state index in [0.29, 0.717) is 40.8 Å². The summed E-state index contributed by atoms with van der Waals surface area (Å²) in [6, 6.07) is 11.4. The lowest BCUT2D eigenvalue weighted by Crippen LogP contribution is -2.32. The molecule has 2 aromatic carbocycles. The van der Waals surface area contributed by atoms with Crippen molar-refractivity contribution in [1.29, 1.82) is 0 Å². The molecule has 2 atom stereocenters. The third-order valence-corrected chi connectivity index (χ3v) is 6.26. The highest BCUT2D eigenvalue weighted by molar-refractivity contribution is 7.99. The fourth-order valence-electron chi connectivity index (χ4n) is 3.24. The number of nitrogens with one attached hydrogen (secondary N) is 2. The molecule has 0 radical (unpaired) electrons. The number of benzene rings is 2. The Kier molecular flexibility index (Phi) is 9.38. The molecule has 0 bridgehead atoms. The van der Waals surface area contributed by atoms with Crippen LogP contribution in [0, 0.1) is 0 Å². The number of aromatic nitrogens is 1. The van der Waals surface area contributed by atoms with E-state index >= 15 is 0 Å². The van der Waals surface area contributed by atoms with Crippen molar-refractivity contribution >= 4 is 28.6 Å². The van der Waals surface area contributed by atoms with Crippen LogP contribution in [0.5, 0.6) is 17.2 Å². The molecule has 0 aliphatic carbocycles. The second-order valence-electron chi connectivity index (χ2n) is 7.75. The Bertz CT molecular complexity index is 1220. The molecule has 0 aliphatic rings. The molecule has 3 aromatic rings. The molecule has 188 valence electrons. The van der Waals surface area contributed by atoms with E-state index in [0.717, 1.165) is 22.7 Å². The highest BCUT2D eigenvalue weighted by Gasteiger charge is 2.14. The van der Waals surface area contributed by atoms with Gasteiger partial charge in [0.2, 0.25) is 0 Å². The van der Waals surface area contributed by atoms with Crippen LogP contribution in [-0.4, -0.2) is 66.4 Å². The fraction of sp³-hybridized carbons (Fsp3) is 0.333. The number of carboxylic acid groups (broad SMARTS) is 1. The number of hydrogen-bond acceptors (Lipinski definition) is 9. The third-order valence-electron chi connectivity index (χ3n) is 5.12. The van der Waals surface area contributed by atoms with Gasteiger partial charge in [0.1, 0.15) is 24.5 Å². The van der Waals surface area contributed by atoms with Gasteiger partial charge in [0.15, 0.2) is 11.5 Å². The molecule has 6 N–H and O–H groups in total. The molecule has 0 aliphatic heterocycles. The summed E-state index contributed by atoms with van der Waals surface area (Å²) < 4.78 is 16.2. The van der Waals surface area contributed by atoms with Gasteiger partial charge >= 0.3 is 5.97 Å². The van der Waals surface area contributed by atoms with Crippen LogP contribution in [0.25, 0.3) is 10.9 Å². The number of H-pyrrole nitrogens is 1. The monoisotopic (exact) mass is 503 g/mol. The maximum Gasteiger partial charge on any atom is 0.321 e. The van der Waals surface area contributed by atoms with E-state index in [-0.39, 0.29) is 17.9 Å². The minimum absolute atomic E-state index is 0.0720. The van der Waals surface area contributed by atoms with Gasteiger partial charge in [-0.3, -0.25) is 9.59 Å². The van der Waals surface area contributed by atoms with Crippen LogP contribution in [0.2, 0.25) is 0 Å². The Balaban J connectivity index is 1.53. The standard InChI is InChI=1S/C24H29N3O7S/c1-32-20-6-3-14(7-21(20)33-2)10-26-11-16(28)12-34-17-4-5-19-15(8-17)9-22(23(29)27-19)35-13-18(25)24(30)31/h3-9,16,18,26,28H,10-13,25H2,1-2H3,(H,27,29)(H,30,31)/t16?,18-/m0/s1. The summed E-state index contributed by atoms with van der Waals surface area (Å²) in [7, 11) is 3.16. The molecule has 0 spiro atoms. The van der Waals surface area contributed by atoms with Crippen molar-refractivity contribution in [3.63, 3.8) is 0 Å². The predicted octanol–water partition coefficient (Wildman–Crippen LogP) is 1.58. The Morgan fingerprint density at radius 2 is 1.91 bits per heavy atom. The Morgan fingerprint density at radius 1 is 1.14 bits per heavy atom. The van der Waals surface area contributed by atoms with Crippen molar-refractivity contribution in [2.75, 3.05) is 33.1 Å². The summed E-state index contributed by atoms with van der Waals surface area (Å²) in [4.78, 5) is 26.3. The molecule has 0 saturated heterocycles. The highest BCUT2D eigenvalue weighted by Crippen LogP contribution is 2.27. The van der Waals surface area contributed by atoms with Gasteiger partial charge in [0, 0.05) is 29.7 Å². The van der Waals surface area contributed by atoms with Crippen LogP contribution < -0.4 is 30.8 Å². The number of fused-ring (bicyclic) bond motifs is 1. The van der Waals surface area contributed by atoms with E-state index in [4.69, 9.17) is 25.1 Å². The van der Waals surface area contributed by atoms with Crippen LogP contribution in [0.1, 0.15) is 5.56 Å². The van der Waals surface area contributed by atoms with Gasteiger partial charge in [0.25, 0.3) is 5.56 Å². The minimum Gasteiger partial charge on any atom is -0.493 e. The number of hydrogen-bond donors (Lipinski definition) is 5. The number of carbonyl (C=O) groups is 1. The largest absolute Gasteiger partial charge is 0.493 e. The van der Waals surface area contributed by atoms with Crippen LogP contribution in [0.4, 0.5) is 0 Å².